The number of likely N-dealkylation sites (tertiary alicyclic amines) is 1. The minimum Gasteiger partial charge on any atom is -0.328 e. The lowest BCUT2D eigenvalue weighted by atomic mass is 9.99. The van der Waals surface area contributed by atoms with Gasteiger partial charge in [-0.15, -0.1) is 0 Å². The van der Waals surface area contributed by atoms with Crippen LogP contribution in [0.3, 0.4) is 0 Å². The Bertz CT molecular complexity index is 857. The molecule has 3 aromatic rings. The van der Waals surface area contributed by atoms with Crippen molar-refractivity contribution in [2.45, 2.75) is 32.2 Å². The number of nitrogens with one attached hydrogen (secondary N) is 1. The molecule has 0 spiro atoms. The molecule has 8 nitrogen and oxygen atoms in total. The second kappa shape index (κ2) is 6.46. The van der Waals surface area contributed by atoms with Crippen molar-refractivity contribution in [2.75, 3.05) is 6.54 Å². The summed E-state index contributed by atoms with van der Waals surface area (Å²) in [6.07, 6.45) is 7.62. The van der Waals surface area contributed by atoms with Crippen LogP contribution in [0.5, 0.6) is 0 Å². The van der Waals surface area contributed by atoms with Gasteiger partial charge in [0.2, 0.25) is 0 Å². The third-order valence-corrected chi connectivity index (χ3v) is 4.62. The molecule has 0 bridgehead atoms. The molecule has 0 unspecified atom stereocenters. The van der Waals surface area contributed by atoms with Gasteiger partial charge in [-0.2, -0.15) is 10.2 Å². The molecule has 3 heterocycles. The molecule has 25 heavy (non-hydrogen) atoms. The van der Waals surface area contributed by atoms with Crippen molar-refractivity contribution in [1.82, 2.24) is 34.8 Å². The van der Waals surface area contributed by atoms with Crippen LogP contribution in [-0.4, -0.2) is 47.3 Å². The summed E-state index contributed by atoms with van der Waals surface area (Å²) in [6, 6.07) is 5.62. The van der Waals surface area contributed by atoms with Crippen LogP contribution >= 0.6 is 0 Å². The molecule has 1 amide bonds. The standard InChI is InChI=1S/C17H19N7O/c1-12-8-13(5-6-14(12)24-11-18-9-21-24)17(25)23-7-3-2-4-15(23)16-19-10-20-22-16/h5-6,8-11,15H,2-4,7H2,1H3,(H,19,20,22)/t15-/m0/s1. The van der Waals surface area contributed by atoms with Crippen molar-refractivity contribution in [3.8, 4) is 5.69 Å². The van der Waals surface area contributed by atoms with Crippen LogP contribution in [0, 0.1) is 6.92 Å². The van der Waals surface area contributed by atoms with Crippen LogP contribution in [0.1, 0.15) is 47.1 Å². The molecule has 0 aliphatic carbocycles. The van der Waals surface area contributed by atoms with Gasteiger partial charge >= 0.3 is 0 Å². The van der Waals surface area contributed by atoms with E-state index >= 15 is 0 Å². The van der Waals surface area contributed by atoms with Crippen LogP contribution in [-0.2, 0) is 0 Å². The fourth-order valence-electron chi connectivity index (χ4n) is 3.38. The van der Waals surface area contributed by atoms with E-state index in [9.17, 15) is 4.79 Å². The lowest BCUT2D eigenvalue weighted by Gasteiger charge is -2.34. The minimum absolute atomic E-state index is 0.0225. The van der Waals surface area contributed by atoms with Crippen LogP contribution in [0.15, 0.2) is 37.2 Å². The van der Waals surface area contributed by atoms with Gasteiger partial charge in [-0.1, -0.05) is 0 Å². The lowest BCUT2D eigenvalue weighted by molar-refractivity contribution is 0.0600. The third kappa shape index (κ3) is 2.90. The number of aromatic nitrogens is 6. The van der Waals surface area contributed by atoms with E-state index in [2.05, 4.69) is 25.3 Å². The Morgan fingerprint density at radius 3 is 2.92 bits per heavy atom. The van der Waals surface area contributed by atoms with E-state index < -0.39 is 0 Å². The molecule has 4 rings (SSSR count). The first kappa shape index (κ1) is 15.5. The van der Waals surface area contributed by atoms with Gasteiger partial charge in [-0.05, 0) is 49.9 Å². The molecule has 1 fully saturated rings. The highest BCUT2D eigenvalue weighted by Crippen LogP contribution is 2.30. The zero-order valence-corrected chi connectivity index (χ0v) is 14.0. The van der Waals surface area contributed by atoms with Crippen LogP contribution in [0.2, 0.25) is 0 Å². The summed E-state index contributed by atoms with van der Waals surface area (Å²) in [6.45, 7) is 2.70. The average molecular weight is 337 g/mol. The summed E-state index contributed by atoms with van der Waals surface area (Å²) < 4.78 is 1.70. The highest BCUT2D eigenvalue weighted by atomic mass is 16.2. The van der Waals surface area contributed by atoms with Crippen molar-refractivity contribution in [2.24, 2.45) is 0 Å². The lowest BCUT2D eigenvalue weighted by Crippen LogP contribution is -2.39. The topological polar surface area (TPSA) is 92.6 Å². The van der Waals surface area contributed by atoms with Gasteiger partial charge in [0.25, 0.3) is 5.91 Å². The summed E-state index contributed by atoms with van der Waals surface area (Å²) in [5.74, 6) is 0.776. The fourth-order valence-corrected chi connectivity index (χ4v) is 3.38. The molecule has 1 aliphatic rings. The Morgan fingerprint density at radius 2 is 2.20 bits per heavy atom. The summed E-state index contributed by atoms with van der Waals surface area (Å²) >= 11 is 0. The number of hydrogen-bond acceptors (Lipinski definition) is 5. The zero-order chi connectivity index (χ0) is 17.2. The molecule has 1 aliphatic heterocycles. The number of piperidine rings is 1. The summed E-state index contributed by atoms with van der Waals surface area (Å²) in [5, 5.41) is 11.0. The third-order valence-electron chi connectivity index (χ3n) is 4.62. The summed E-state index contributed by atoms with van der Waals surface area (Å²) in [7, 11) is 0. The second-order valence-corrected chi connectivity index (χ2v) is 6.22. The molecule has 8 heteroatoms. The van der Waals surface area contributed by atoms with E-state index in [4.69, 9.17) is 0 Å². The number of aryl methyl sites for hydroxylation is 1. The van der Waals surface area contributed by atoms with Gasteiger partial charge in [0, 0.05) is 12.1 Å². The van der Waals surface area contributed by atoms with Crippen molar-refractivity contribution in [3.05, 3.63) is 54.1 Å². The number of benzene rings is 1. The van der Waals surface area contributed by atoms with Gasteiger partial charge in [-0.25, -0.2) is 14.6 Å². The molecule has 0 radical (unpaired) electrons. The molecule has 1 aromatic carbocycles. The first-order chi connectivity index (χ1) is 12.2. The highest BCUT2D eigenvalue weighted by Gasteiger charge is 2.30. The SMILES string of the molecule is Cc1cc(C(=O)N2CCCC[C@H]2c2ncn[nH]2)ccc1-n1cncn1. The number of aromatic amines is 1. The number of rotatable bonds is 3. The number of amides is 1. The van der Waals surface area contributed by atoms with E-state index in [1.165, 1.54) is 12.7 Å². The molecular weight excluding hydrogens is 318 g/mol. The predicted molar refractivity (Wildman–Crippen MR) is 90.1 cm³/mol. The average Bonchev–Trinajstić information content (AvgIpc) is 3.35. The molecule has 1 saturated heterocycles. The largest absolute Gasteiger partial charge is 0.328 e. The van der Waals surface area contributed by atoms with Gasteiger partial charge < -0.3 is 4.90 Å². The fraction of sp³-hybridized carbons (Fsp3) is 0.353. The predicted octanol–water partition coefficient (Wildman–Crippen LogP) is 2.06. The quantitative estimate of drug-likeness (QED) is 0.790. The van der Waals surface area contributed by atoms with Crippen molar-refractivity contribution >= 4 is 5.91 Å². The maximum atomic E-state index is 13.1. The van der Waals surface area contributed by atoms with Gasteiger partial charge in [0.15, 0.2) is 0 Å². The van der Waals surface area contributed by atoms with Crippen LogP contribution in [0.25, 0.3) is 5.69 Å². The maximum Gasteiger partial charge on any atom is 0.254 e. The molecule has 0 saturated carbocycles. The first-order valence-electron chi connectivity index (χ1n) is 8.36. The first-order valence-corrected chi connectivity index (χ1v) is 8.36. The Balaban J connectivity index is 1.62. The number of nitrogens with zero attached hydrogens (tertiary/aromatic N) is 6. The normalized spacial score (nSPS) is 17.6. The Morgan fingerprint density at radius 1 is 1.28 bits per heavy atom. The van der Waals surface area contributed by atoms with Crippen molar-refractivity contribution in [3.63, 3.8) is 0 Å². The maximum absolute atomic E-state index is 13.1. The van der Waals surface area contributed by atoms with Crippen molar-refractivity contribution < 1.29 is 4.79 Å². The minimum atomic E-state index is -0.0425. The Hall–Kier alpha value is -3.03. The number of hydrogen-bond donors (Lipinski definition) is 1. The smallest absolute Gasteiger partial charge is 0.254 e. The number of H-pyrrole nitrogens is 1. The monoisotopic (exact) mass is 337 g/mol. The van der Waals surface area contributed by atoms with Crippen molar-refractivity contribution in [1.29, 1.82) is 0 Å². The molecular formula is C17H19N7O. The Labute approximate surface area is 144 Å². The van der Waals surface area contributed by atoms with E-state index in [1.807, 2.05) is 30.0 Å². The van der Waals surface area contributed by atoms with E-state index in [-0.39, 0.29) is 11.9 Å². The highest BCUT2D eigenvalue weighted by molar-refractivity contribution is 5.95. The van der Waals surface area contributed by atoms with Crippen LogP contribution in [0.4, 0.5) is 0 Å². The number of carbonyl (C=O) groups excluding carboxylic acids is 1. The van der Waals surface area contributed by atoms with E-state index in [0.29, 0.717) is 5.56 Å². The van der Waals surface area contributed by atoms with Gasteiger partial charge in [-0.3, -0.25) is 9.89 Å². The second-order valence-electron chi connectivity index (χ2n) is 6.22. The van der Waals surface area contributed by atoms with Gasteiger partial charge in [0.1, 0.15) is 24.8 Å². The van der Waals surface area contributed by atoms with Gasteiger partial charge in [0.05, 0.1) is 11.7 Å². The van der Waals surface area contributed by atoms with E-state index in [0.717, 1.165) is 42.9 Å². The molecule has 1 atom stereocenters. The van der Waals surface area contributed by atoms with E-state index in [1.54, 1.807) is 11.0 Å². The summed E-state index contributed by atoms with van der Waals surface area (Å²) in [4.78, 5) is 23.2. The molecule has 2 aromatic heterocycles. The Kier molecular flexibility index (Phi) is 4.01. The molecule has 1 N–H and O–H groups in total. The zero-order valence-electron chi connectivity index (χ0n) is 14.0. The molecule has 128 valence electrons. The van der Waals surface area contributed by atoms with Crippen LogP contribution < -0.4 is 0 Å². The number of carbonyl (C=O) groups is 1. The summed E-state index contributed by atoms with van der Waals surface area (Å²) in [5.41, 5.74) is 2.57.